The summed E-state index contributed by atoms with van der Waals surface area (Å²) in [7, 11) is 1.76. The topological polar surface area (TPSA) is 40.1 Å². The summed E-state index contributed by atoms with van der Waals surface area (Å²) in [6.45, 7) is 0. The lowest BCUT2D eigenvalue weighted by atomic mass is 10.3. The SMILES string of the molecule is C[N]c1ccc(N)cc1. The Balaban J connectivity index is 2.88. The first-order valence-electron chi connectivity index (χ1n) is 2.78. The molecule has 1 rings (SSSR count). The van der Waals surface area contributed by atoms with Crippen molar-refractivity contribution in [1.82, 2.24) is 5.32 Å². The first-order valence-corrected chi connectivity index (χ1v) is 2.78. The van der Waals surface area contributed by atoms with E-state index in [1.165, 1.54) is 0 Å². The van der Waals surface area contributed by atoms with Gasteiger partial charge < -0.3 is 5.73 Å². The number of nitrogens with two attached hydrogens (primary N) is 1. The minimum Gasteiger partial charge on any atom is -0.399 e. The Morgan fingerprint density at radius 1 is 1.22 bits per heavy atom. The van der Waals surface area contributed by atoms with Gasteiger partial charge in [-0.15, -0.1) is 0 Å². The van der Waals surface area contributed by atoms with E-state index in [0.29, 0.717) is 0 Å². The Morgan fingerprint density at radius 3 is 2.22 bits per heavy atom. The van der Waals surface area contributed by atoms with Crippen LogP contribution >= 0.6 is 0 Å². The molecule has 0 aliphatic rings. The molecule has 47 valence electrons. The molecule has 2 heteroatoms. The largest absolute Gasteiger partial charge is 0.399 e. The smallest absolute Gasteiger partial charge is 0.0572 e. The van der Waals surface area contributed by atoms with Crippen molar-refractivity contribution in [2.24, 2.45) is 0 Å². The Kier molecular flexibility index (Phi) is 1.58. The highest BCUT2D eigenvalue weighted by molar-refractivity contribution is 5.46. The number of hydrogen-bond acceptors (Lipinski definition) is 1. The summed E-state index contributed by atoms with van der Waals surface area (Å²) in [6, 6.07) is 7.44. The van der Waals surface area contributed by atoms with E-state index in [4.69, 9.17) is 5.73 Å². The summed E-state index contributed by atoms with van der Waals surface area (Å²) in [5.41, 5.74) is 7.18. The predicted octanol–water partition coefficient (Wildman–Crippen LogP) is 1.13. The third-order valence-corrected chi connectivity index (χ3v) is 1.15. The van der Waals surface area contributed by atoms with E-state index in [-0.39, 0.29) is 0 Å². The van der Waals surface area contributed by atoms with Gasteiger partial charge >= 0.3 is 0 Å². The van der Waals surface area contributed by atoms with E-state index in [1.54, 1.807) is 7.05 Å². The van der Waals surface area contributed by atoms with Gasteiger partial charge in [0.15, 0.2) is 0 Å². The highest BCUT2D eigenvalue weighted by atomic mass is 14.8. The molecular weight excluding hydrogens is 112 g/mol. The highest BCUT2D eigenvalue weighted by Crippen LogP contribution is 2.08. The number of anilines is 1. The summed E-state index contributed by atoms with van der Waals surface area (Å²) in [5, 5.41) is 3.96. The fourth-order valence-electron chi connectivity index (χ4n) is 0.623. The second-order valence-electron chi connectivity index (χ2n) is 1.82. The summed E-state index contributed by atoms with van der Waals surface area (Å²) in [5.74, 6) is 0. The van der Waals surface area contributed by atoms with E-state index in [1.807, 2.05) is 24.3 Å². The zero-order chi connectivity index (χ0) is 6.69. The second kappa shape index (κ2) is 2.40. The first-order chi connectivity index (χ1) is 4.33. The summed E-state index contributed by atoms with van der Waals surface area (Å²) >= 11 is 0. The number of nitrogens with zero attached hydrogens (tertiary/aromatic N) is 1. The van der Waals surface area contributed by atoms with Crippen LogP contribution < -0.4 is 11.1 Å². The maximum absolute atomic E-state index is 5.44. The second-order valence-corrected chi connectivity index (χ2v) is 1.82. The fourth-order valence-corrected chi connectivity index (χ4v) is 0.623. The number of benzene rings is 1. The van der Waals surface area contributed by atoms with Crippen LogP contribution in [0, 0.1) is 0 Å². The van der Waals surface area contributed by atoms with Gasteiger partial charge in [-0.05, 0) is 24.3 Å². The van der Waals surface area contributed by atoms with Gasteiger partial charge in [0.05, 0.1) is 5.69 Å². The van der Waals surface area contributed by atoms with Crippen molar-refractivity contribution in [1.29, 1.82) is 0 Å². The normalized spacial score (nSPS) is 9.00. The Bertz CT molecular complexity index is 179. The highest BCUT2D eigenvalue weighted by Gasteiger charge is 1.85. The maximum atomic E-state index is 5.44. The van der Waals surface area contributed by atoms with Crippen molar-refractivity contribution in [3.63, 3.8) is 0 Å². The van der Waals surface area contributed by atoms with E-state index >= 15 is 0 Å². The molecule has 1 radical (unpaired) electrons. The molecule has 0 atom stereocenters. The van der Waals surface area contributed by atoms with Crippen LogP contribution in [-0.2, 0) is 0 Å². The van der Waals surface area contributed by atoms with Gasteiger partial charge in [-0.1, -0.05) is 0 Å². The molecule has 0 saturated carbocycles. The molecule has 0 heterocycles. The maximum Gasteiger partial charge on any atom is 0.0572 e. The lowest BCUT2D eigenvalue weighted by Crippen LogP contribution is -1.87. The molecule has 0 bridgehead atoms. The van der Waals surface area contributed by atoms with Gasteiger partial charge in [0.25, 0.3) is 0 Å². The molecule has 0 fully saturated rings. The molecule has 0 spiro atoms. The first kappa shape index (κ1) is 5.95. The Morgan fingerprint density at radius 2 is 1.78 bits per heavy atom. The number of hydrogen-bond donors (Lipinski definition) is 1. The van der Waals surface area contributed by atoms with Crippen LogP contribution in [0.1, 0.15) is 0 Å². The molecule has 2 nitrogen and oxygen atoms in total. The molecule has 1 aromatic carbocycles. The minimum atomic E-state index is 0.780. The van der Waals surface area contributed by atoms with Crippen molar-refractivity contribution in [2.45, 2.75) is 0 Å². The Labute approximate surface area is 54.7 Å². The van der Waals surface area contributed by atoms with Crippen LogP contribution in [-0.4, -0.2) is 7.05 Å². The van der Waals surface area contributed by atoms with Gasteiger partial charge in [0, 0.05) is 12.7 Å². The van der Waals surface area contributed by atoms with Gasteiger partial charge in [0.2, 0.25) is 0 Å². The van der Waals surface area contributed by atoms with Crippen LogP contribution in [0.4, 0.5) is 11.4 Å². The van der Waals surface area contributed by atoms with Crippen LogP contribution in [0.5, 0.6) is 0 Å². The van der Waals surface area contributed by atoms with Gasteiger partial charge in [0.1, 0.15) is 0 Å². The molecular formula is C7H9N2. The average Bonchev–Trinajstić information content (AvgIpc) is 1.90. The van der Waals surface area contributed by atoms with Gasteiger partial charge in [-0.25, -0.2) is 0 Å². The van der Waals surface area contributed by atoms with E-state index in [9.17, 15) is 0 Å². The minimum absolute atomic E-state index is 0.780. The zero-order valence-electron chi connectivity index (χ0n) is 5.33. The molecule has 1 aromatic rings. The molecule has 0 aromatic heterocycles. The fraction of sp³-hybridized carbons (Fsp3) is 0.143. The summed E-state index contributed by atoms with van der Waals surface area (Å²) < 4.78 is 0. The quantitative estimate of drug-likeness (QED) is 0.556. The standard InChI is InChI=1S/C7H9N2/c1-9-7-4-2-6(8)3-5-7/h2-5H,8H2,1H3. The third kappa shape index (κ3) is 1.35. The molecule has 0 unspecified atom stereocenters. The average molecular weight is 121 g/mol. The summed E-state index contributed by atoms with van der Waals surface area (Å²) in [6.07, 6.45) is 0. The molecule has 9 heavy (non-hydrogen) atoms. The number of nitrogen functional groups attached to an aromatic ring is 1. The van der Waals surface area contributed by atoms with Crippen LogP contribution in [0.2, 0.25) is 0 Å². The monoisotopic (exact) mass is 121 g/mol. The molecule has 0 amide bonds. The van der Waals surface area contributed by atoms with E-state index < -0.39 is 0 Å². The van der Waals surface area contributed by atoms with Crippen LogP contribution in [0.25, 0.3) is 0 Å². The molecule has 0 aliphatic heterocycles. The van der Waals surface area contributed by atoms with Crippen molar-refractivity contribution >= 4 is 11.4 Å². The molecule has 2 N–H and O–H groups in total. The van der Waals surface area contributed by atoms with Crippen molar-refractivity contribution in [2.75, 3.05) is 12.8 Å². The molecule has 0 saturated heterocycles. The van der Waals surface area contributed by atoms with Gasteiger partial charge in [-0.3, -0.25) is 5.32 Å². The lowest BCUT2D eigenvalue weighted by molar-refractivity contribution is 1.09. The van der Waals surface area contributed by atoms with E-state index in [0.717, 1.165) is 11.4 Å². The lowest BCUT2D eigenvalue weighted by Gasteiger charge is -1.94. The van der Waals surface area contributed by atoms with E-state index in [2.05, 4.69) is 5.32 Å². The summed E-state index contributed by atoms with van der Waals surface area (Å²) in [4.78, 5) is 0. The van der Waals surface area contributed by atoms with Crippen molar-refractivity contribution in [3.05, 3.63) is 24.3 Å². The number of rotatable bonds is 1. The van der Waals surface area contributed by atoms with Crippen molar-refractivity contribution < 1.29 is 0 Å². The van der Waals surface area contributed by atoms with Crippen molar-refractivity contribution in [3.8, 4) is 0 Å². The predicted molar refractivity (Wildman–Crippen MR) is 38.6 cm³/mol. The van der Waals surface area contributed by atoms with Crippen LogP contribution in [0.3, 0.4) is 0 Å². The van der Waals surface area contributed by atoms with Crippen LogP contribution in [0.15, 0.2) is 24.3 Å². The van der Waals surface area contributed by atoms with Gasteiger partial charge in [-0.2, -0.15) is 0 Å². The molecule has 0 aliphatic carbocycles. The zero-order valence-corrected chi connectivity index (χ0v) is 5.33. The third-order valence-electron chi connectivity index (χ3n) is 1.15. The Hall–Kier alpha value is -1.18.